The number of ketones is 1. The van der Waals surface area contributed by atoms with Crippen LogP contribution in [0.5, 0.6) is 0 Å². The predicted molar refractivity (Wildman–Crippen MR) is 69.3 cm³/mol. The van der Waals surface area contributed by atoms with Gasteiger partial charge in [0.05, 0.1) is 9.75 Å². The summed E-state index contributed by atoms with van der Waals surface area (Å²) in [4.78, 5) is 21.5. The van der Waals surface area contributed by atoms with Crippen LogP contribution in [0.15, 0.2) is 24.5 Å². The van der Waals surface area contributed by atoms with Crippen LogP contribution >= 0.6 is 11.3 Å². The molecule has 17 heavy (non-hydrogen) atoms. The van der Waals surface area contributed by atoms with Crippen LogP contribution in [0.2, 0.25) is 0 Å². The van der Waals surface area contributed by atoms with Gasteiger partial charge in [-0.15, -0.1) is 11.3 Å². The lowest BCUT2D eigenvalue weighted by Crippen LogP contribution is -1.90. The maximum absolute atomic E-state index is 11.2. The Kier molecular flexibility index (Phi) is 3.64. The molecule has 3 nitrogen and oxygen atoms in total. The normalized spacial score (nSPS) is 10.5. The Hall–Kier alpha value is -1.55. The quantitative estimate of drug-likeness (QED) is 0.777. The van der Waals surface area contributed by atoms with Gasteiger partial charge in [0, 0.05) is 12.4 Å². The van der Waals surface area contributed by atoms with Crippen molar-refractivity contribution in [1.82, 2.24) is 9.97 Å². The van der Waals surface area contributed by atoms with E-state index in [9.17, 15) is 4.79 Å². The van der Waals surface area contributed by atoms with Crippen LogP contribution < -0.4 is 0 Å². The Morgan fingerprint density at radius 1 is 1.29 bits per heavy atom. The van der Waals surface area contributed by atoms with E-state index in [0.717, 1.165) is 28.2 Å². The van der Waals surface area contributed by atoms with Gasteiger partial charge in [-0.2, -0.15) is 0 Å². The molecular weight excluding hydrogens is 232 g/mol. The number of thiophene rings is 1. The lowest BCUT2D eigenvalue weighted by atomic mass is 10.2. The smallest absolute Gasteiger partial charge is 0.169 e. The summed E-state index contributed by atoms with van der Waals surface area (Å²) in [6.07, 6.45) is 5.82. The summed E-state index contributed by atoms with van der Waals surface area (Å²) in [6, 6.07) is 3.72. The molecule has 2 heterocycles. The Labute approximate surface area is 105 Å². The molecule has 0 saturated carbocycles. The number of rotatable bonds is 4. The van der Waals surface area contributed by atoms with Gasteiger partial charge in [0.2, 0.25) is 0 Å². The van der Waals surface area contributed by atoms with Gasteiger partial charge in [-0.25, -0.2) is 9.97 Å². The second-order valence-corrected chi connectivity index (χ2v) is 4.97. The molecule has 4 heteroatoms. The van der Waals surface area contributed by atoms with E-state index in [4.69, 9.17) is 0 Å². The van der Waals surface area contributed by atoms with Crippen molar-refractivity contribution < 1.29 is 4.79 Å². The molecule has 0 unspecified atom stereocenters. The third-order valence-electron chi connectivity index (χ3n) is 2.42. The van der Waals surface area contributed by atoms with Crippen molar-refractivity contribution in [1.29, 1.82) is 0 Å². The van der Waals surface area contributed by atoms with Crippen LogP contribution in [0.25, 0.3) is 10.7 Å². The largest absolute Gasteiger partial charge is 0.294 e. The maximum atomic E-state index is 11.2. The van der Waals surface area contributed by atoms with E-state index in [1.165, 1.54) is 11.3 Å². The standard InChI is InChI=1S/C13H14N2OS/c1-3-4-10-7-14-13(15-8-10)12-6-5-11(17-12)9(2)16/h5-8H,3-4H2,1-2H3. The first-order chi connectivity index (χ1) is 8.20. The van der Waals surface area contributed by atoms with Crippen molar-refractivity contribution in [3.05, 3.63) is 35.0 Å². The Balaban J connectivity index is 2.23. The minimum atomic E-state index is 0.0869. The monoisotopic (exact) mass is 246 g/mol. The van der Waals surface area contributed by atoms with Crippen LogP contribution in [0.1, 0.15) is 35.5 Å². The van der Waals surface area contributed by atoms with Crippen LogP contribution in [-0.2, 0) is 6.42 Å². The average molecular weight is 246 g/mol. The van der Waals surface area contributed by atoms with Crippen molar-refractivity contribution in [3.63, 3.8) is 0 Å². The fourth-order valence-electron chi connectivity index (χ4n) is 1.55. The number of aromatic nitrogens is 2. The molecular formula is C13H14N2OS. The highest BCUT2D eigenvalue weighted by molar-refractivity contribution is 7.17. The molecule has 2 rings (SSSR count). The van der Waals surface area contributed by atoms with Gasteiger partial charge in [0.25, 0.3) is 0 Å². The molecule has 88 valence electrons. The van der Waals surface area contributed by atoms with E-state index in [-0.39, 0.29) is 5.78 Å². The number of hydrogen-bond donors (Lipinski definition) is 0. The highest BCUT2D eigenvalue weighted by atomic mass is 32.1. The zero-order valence-electron chi connectivity index (χ0n) is 9.93. The summed E-state index contributed by atoms with van der Waals surface area (Å²) >= 11 is 1.44. The van der Waals surface area contributed by atoms with E-state index in [0.29, 0.717) is 5.82 Å². The molecule has 2 aromatic heterocycles. The third kappa shape index (κ3) is 2.77. The van der Waals surface area contributed by atoms with Gasteiger partial charge in [-0.05, 0) is 31.0 Å². The van der Waals surface area contributed by atoms with Crippen molar-refractivity contribution in [2.75, 3.05) is 0 Å². The SMILES string of the molecule is CCCc1cnc(-c2ccc(C(C)=O)s2)nc1. The molecule has 0 atom stereocenters. The second kappa shape index (κ2) is 5.19. The summed E-state index contributed by atoms with van der Waals surface area (Å²) in [5.41, 5.74) is 1.15. The van der Waals surface area contributed by atoms with Gasteiger partial charge in [-0.3, -0.25) is 4.79 Å². The summed E-state index contributed by atoms with van der Waals surface area (Å²) < 4.78 is 0. The molecule has 0 aliphatic heterocycles. The van der Waals surface area contributed by atoms with E-state index < -0.39 is 0 Å². The molecule has 2 aromatic rings. The molecule has 0 bridgehead atoms. The third-order valence-corrected chi connectivity index (χ3v) is 3.60. The van der Waals surface area contributed by atoms with Gasteiger partial charge in [0.15, 0.2) is 11.6 Å². The van der Waals surface area contributed by atoms with E-state index >= 15 is 0 Å². The van der Waals surface area contributed by atoms with Crippen LogP contribution in [-0.4, -0.2) is 15.8 Å². The number of Topliss-reactive ketones (excluding diaryl/α,β-unsaturated/α-hetero) is 1. The van der Waals surface area contributed by atoms with Crippen LogP contribution in [0.3, 0.4) is 0 Å². The molecule has 0 amide bonds. The summed E-state index contributed by atoms with van der Waals surface area (Å²) in [5, 5.41) is 0. The summed E-state index contributed by atoms with van der Waals surface area (Å²) in [7, 11) is 0. The fourth-order valence-corrected chi connectivity index (χ4v) is 2.40. The molecule has 0 aromatic carbocycles. The zero-order chi connectivity index (χ0) is 12.3. The van der Waals surface area contributed by atoms with Crippen molar-refractivity contribution >= 4 is 17.1 Å². The molecule has 0 spiro atoms. The maximum Gasteiger partial charge on any atom is 0.169 e. The van der Waals surface area contributed by atoms with E-state index in [1.807, 2.05) is 24.5 Å². The highest BCUT2D eigenvalue weighted by Crippen LogP contribution is 2.25. The first-order valence-electron chi connectivity index (χ1n) is 5.62. The van der Waals surface area contributed by atoms with Crippen molar-refractivity contribution in [3.8, 4) is 10.7 Å². The topological polar surface area (TPSA) is 42.9 Å². The molecule has 0 aliphatic rings. The number of hydrogen-bond acceptors (Lipinski definition) is 4. The minimum absolute atomic E-state index is 0.0869. The lowest BCUT2D eigenvalue weighted by molar-refractivity contribution is 0.102. The Morgan fingerprint density at radius 2 is 2.00 bits per heavy atom. The van der Waals surface area contributed by atoms with Crippen molar-refractivity contribution in [2.45, 2.75) is 26.7 Å². The molecule has 0 aliphatic carbocycles. The summed E-state index contributed by atoms with van der Waals surface area (Å²) in [6.45, 7) is 3.70. The molecule has 0 saturated heterocycles. The fraction of sp³-hybridized carbons (Fsp3) is 0.308. The van der Waals surface area contributed by atoms with E-state index in [1.54, 1.807) is 6.92 Å². The van der Waals surface area contributed by atoms with Crippen molar-refractivity contribution in [2.24, 2.45) is 0 Å². The second-order valence-electron chi connectivity index (χ2n) is 3.89. The zero-order valence-corrected chi connectivity index (χ0v) is 10.8. The van der Waals surface area contributed by atoms with Crippen LogP contribution in [0, 0.1) is 0 Å². The minimum Gasteiger partial charge on any atom is -0.294 e. The summed E-state index contributed by atoms with van der Waals surface area (Å²) in [5.74, 6) is 0.784. The molecule has 0 fully saturated rings. The van der Waals surface area contributed by atoms with Gasteiger partial charge >= 0.3 is 0 Å². The van der Waals surface area contributed by atoms with Gasteiger partial charge in [0.1, 0.15) is 0 Å². The Bertz CT molecular complexity index is 516. The Morgan fingerprint density at radius 3 is 2.53 bits per heavy atom. The highest BCUT2D eigenvalue weighted by Gasteiger charge is 2.08. The molecule has 0 N–H and O–H groups in total. The van der Waals surface area contributed by atoms with Gasteiger partial charge < -0.3 is 0 Å². The predicted octanol–water partition coefficient (Wildman–Crippen LogP) is 3.36. The van der Waals surface area contributed by atoms with E-state index in [2.05, 4.69) is 16.9 Å². The first kappa shape index (κ1) is 11.9. The number of carbonyl (C=O) groups excluding carboxylic acids is 1. The lowest BCUT2D eigenvalue weighted by Gasteiger charge is -1.98. The molecule has 0 radical (unpaired) electrons. The average Bonchev–Trinajstić information content (AvgIpc) is 2.80. The number of aryl methyl sites for hydroxylation is 1. The first-order valence-corrected chi connectivity index (χ1v) is 6.44. The number of carbonyl (C=O) groups is 1. The van der Waals surface area contributed by atoms with Gasteiger partial charge in [-0.1, -0.05) is 13.3 Å². The number of nitrogens with zero attached hydrogens (tertiary/aromatic N) is 2. The van der Waals surface area contributed by atoms with Crippen LogP contribution in [0.4, 0.5) is 0 Å².